The number of carboxylic acids is 1. The van der Waals surface area contributed by atoms with Crippen LogP contribution in [0.15, 0.2) is 30.3 Å². The molecule has 0 spiro atoms. The number of likely N-dealkylation sites (tertiary alicyclic amines) is 1. The second-order valence-electron chi connectivity index (χ2n) is 5.69. The van der Waals surface area contributed by atoms with Gasteiger partial charge in [-0.3, -0.25) is 9.59 Å². The van der Waals surface area contributed by atoms with E-state index in [4.69, 9.17) is 0 Å². The van der Waals surface area contributed by atoms with Crippen LogP contribution in [0.4, 0.5) is 0 Å². The van der Waals surface area contributed by atoms with Gasteiger partial charge >= 0.3 is 5.97 Å². The normalized spacial score (nSPS) is 21.0. The van der Waals surface area contributed by atoms with Crippen molar-refractivity contribution in [2.75, 3.05) is 5.75 Å². The van der Waals surface area contributed by atoms with Crippen LogP contribution in [0.25, 0.3) is 0 Å². The molecular weight excluding hydrogens is 314 g/mol. The smallest absolute Gasteiger partial charge is 0.326 e. The standard InChI is InChI=1S/C17H21NO4S/c1-12-6-5-9-14(16(20)21)18(12)15(19)10-11-23-17(22)13-7-3-2-4-8-13/h2-4,7-8,12,14H,5-6,9-11H2,1H3,(H,20,21)/t12-,14-/m0/s1. The van der Waals surface area contributed by atoms with Gasteiger partial charge in [0.1, 0.15) is 6.04 Å². The van der Waals surface area contributed by atoms with Crippen LogP contribution in [0.1, 0.15) is 43.0 Å². The monoisotopic (exact) mass is 335 g/mol. The van der Waals surface area contributed by atoms with Crippen molar-refractivity contribution in [1.29, 1.82) is 0 Å². The molecule has 0 unspecified atom stereocenters. The lowest BCUT2D eigenvalue weighted by molar-refractivity contribution is -0.154. The highest BCUT2D eigenvalue weighted by atomic mass is 32.2. The predicted octanol–water partition coefficient (Wildman–Crippen LogP) is 2.80. The molecule has 0 bridgehead atoms. The van der Waals surface area contributed by atoms with Crippen molar-refractivity contribution < 1.29 is 19.5 Å². The molecule has 6 heteroatoms. The predicted molar refractivity (Wildman–Crippen MR) is 89.4 cm³/mol. The van der Waals surface area contributed by atoms with E-state index in [1.165, 1.54) is 4.90 Å². The lowest BCUT2D eigenvalue weighted by Gasteiger charge is -2.38. The molecule has 1 aliphatic heterocycles. The number of carbonyl (C=O) groups is 3. The Morgan fingerprint density at radius 3 is 2.57 bits per heavy atom. The lowest BCUT2D eigenvalue weighted by atomic mass is 9.96. The van der Waals surface area contributed by atoms with Crippen LogP contribution in [0.3, 0.4) is 0 Å². The van der Waals surface area contributed by atoms with Crippen molar-refractivity contribution in [3.05, 3.63) is 35.9 Å². The molecule has 23 heavy (non-hydrogen) atoms. The van der Waals surface area contributed by atoms with Gasteiger partial charge in [0.25, 0.3) is 0 Å². The van der Waals surface area contributed by atoms with E-state index in [0.29, 0.717) is 17.7 Å². The molecule has 5 nitrogen and oxygen atoms in total. The molecule has 1 amide bonds. The third kappa shape index (κ3) is 4.58. The van der Waals surface area contributed by atoms with Crippen LogP contribution >= 0.6 is 11.8 Å². The minimum Gasteiger partial charge on any atom is -0.480 e. The van der Waals surface area contributed by atoms with Crippen LogP contribution in [0.5, 0.6) is 0 Å². The summed E-state index contributed by atoms with van der Waals surface area (Å²) in [6.45, 7) is 1.88. The first kappa shape index (κ1) is 17.5. The zero-order valence-electron chi connectivity index (χ0n) is 13.1. The Hall–Kier alpha value is -1.82. The number of hydrogen-bond donors (Lipinski definition) is 1. The first-order chi connectivity index (χ1) is 11.0. The molecule has 2 atom stereocenters. The van der Waals surface area contributed by atoms with Crippen molar-refractivity contribution in [2.45, 2.75) is 44.7 Å². The molecule has 1 heterocycles. The molecule has 1 saturated heterocycles. The highest BCUT2D eigenvalue weighted by Crippen LogP contribution is 2.24. The fraction of sp³-hybridized carbons (Fsp3) is 0.471. The van der Waals surface area contributed by atoms with E-state index in [1.54, 1.807) is 24.3 Å². The number of piperidine rings is 1. The SMILES string of the molecule is C[C@H]1CCC[C@@H](C(=O)O)N1C(=O)CCSC(=O)c1ccccc1. The molecule has 1 aromatic carbocycles. The van der Waals surface area contributed by atoms with Gasteiger partial charge in [0, 0.05) is 23.8 Å². The summed E-state index contributed by atoms with van der Waals surface area (Å²) in [5.41, 5.74) is 0.611. The van der Waals surface area contributed by atoms with Crippen LogP contribution in [-0.2, 0) is 9.59 Å². The summed E-state index contributed by atoms with van der Waals surface area (Å²) in [4.78, 5) is 37.2. The van der Waals surface area contributed by atoms with Gasteiger partial charge in [-0.1, -0.05) is 42.1 Å². The van der Waals surface area contributed by atoms with Crippen LogP contribution < -0.4 is 0 Å². The highest BCUT2D eigenvalue weighted by molar-refractivity contribution is 8.14. The molecule has 1 fully saturated rings. The highest BCUT2D eigenvalue weighted by Gasteiger charge is 2.35. The van der Waals surface area contributed by atoms with Gasteiger partial charge in [0.15, 0.2) is 0 Å². The molecular formula is C17H21NO4S. The minimum absolute atomic E-state index is 0.0628. The zero-order valence-corrected chi connectivity index (χ0v) is 13.9. The number of thioether (sulfide) groups is 1. The van der Waals surface area contributed by atoms with E-state index in [0.717, 1.165) is 24.6 Å². The lowest BCUT2D eigenvalue weighted by Crippen LogP contribution is -2.52. The van der Waals surface area contributed by atoms with Gasteiger partial charge in [0.05, 0.1) is 0 Å². The molecule has 124 valence electrons. The van der Waals surface area contributed by atoms with E-state index < -0.39 is 12.0 Å². The first-order valence-electron chi connectivity index (χ1n) is 7.77. The van der Waals surface area contributed by atoms with Crippen molar-refractivity contribution in [1.82, 2.24) is 4.90 Å². The largest absolute Gasteiger partial charge is 0.480 e. The number of benzene rings is 1. The van der Waals surface area contributed by atoms with Crippen molar-refractivity contribution >= 4 is 28.8 Å². The molecule has 1 aliphatic rings. The van der Waals surface area contributed by atoms with Crippen LogP contribution in [0, 0.1) is 0 Å². The van der Waals surface area contributed by atoms with E-state index in [-0.39, 0.29) is 23.5 Å². The number of carbonyl (C=O) groups excluding carboxylic acids is 2. The van der Waals surface area contributed by atoms with E-state index in [1.807, 2.05) is 13.0 Å². The first-order valence-corrected chi connectivity index (χ1v) is 8.75. The third-order valence-electron chi connectivity index (χ3n) is 4.04. The second-order valence-corrected chi connectivity index (χ2v) is 6.75. The van der Waals surface area contributed by atoms with E-state index in [2.05, 4.69) is 0 Å². The number of amides is 1. The summed E-state index contributed by atoms with van der Waals surface area (Å²) in [6, 6.07) is 8.12. The Kier molecular flexibility index (Phi) is 6.21. The maximum Gasteiger partial charge on any atom is 0.326 e. The quantitative estimate of drug-likeness (QED) is 0.895. The van der Waals surface area contributed by atoms with Crippen molar-refractivity contribution in [3.8, 4) is 0 Å². The third-order valence-corrected chi connectivity index (χ3v) is 4.95. The Bertz CT molecular complexity index is 575. The molecule has 0 saturated carbocycles. The van der Waals surface area contributed by atoms with Gasteiger partial charge in [-0.05, 0) is 26.2 Å². The van der Waals surface area contributed by atoms with Crippen LogP contribution in [-0.4, -0.2) is 44.8 Å². The van der Waals surface area contributed by atoms with E-state index in [9.17, 15) is 19.5 Å². The number of carboxylic acid groups (broad SMARTS) is 1. The average Bonchev–Trinajstić information content (AvgIpc) is 2.55. The maximum atomic E-state index is 12.4. The molecule has 1 N–H and O–H groups in total. The Balaban J connectivity index is 1.88. The average molecular weight is 335 g/mol. The maximum absolute atomic E-state index is 12.4. The molecule has 0 radical (unpaired) electrons. The van der Waals surface area contributed by atoms with Gasteiger partial charge in [-0.25, -0.2) is 4.79 Å². The Morgan fingerprint density at radius 1 is 1.22 bits per heavy atom. The summed E-state index contributed by atoms with van der Waals surface area (Å²) in [5.74, 6) is -0.766. The number of rotatable bonds is 5. The second kappa shape index (κ2) is 8.15. The Labute approximate surface area is 140 Å². The number of aliphatic carboxylic acids is 1. The van der Waals surface area contributed by atoms with Crippen molar-refractivity contribution in [2.24, 2.45) is 0 Å². The molecule has 1 aromatic rings. The fourth-order valence-electron chi connectivity index (χ4n) is 2.87. The zero-order chi connectivity index (χ0) is 16.8. The van der Waals surface area contributed by atoms with Crippen LogP contribution in [0.2, 0.25) is 0 Å². The van der Waals surface area contributed by atoms with Gasteiger partial charge in [-0.15, -0.1) is 0 Å². The van der Waals surface area contributed by atoms with Gasteiger partial charge in [-0.2, -0.15) is 0 Å². The minimum atomic E-state index is -0.946. The summed E-state index contributed by atoms with van der Waals surface area (Å²) in [6.07, 6.45) is 2.33. The number of hydrogen-bond acceptors (Lipinski definition) is 4. The summed E-state index contributed by atoms with van der Waals surface area (Å²) in [7, 11) is 0. The summed E-state index contributed by atoms with van der Waals surface area (Å²) < 4.78 is 0. The molecule has 0 aliphatic carbocycles. The topological polar surface area (TPSA) is 74.7 Å². The van der Waals surface area contributed by atoms with Crippen molar-refractivity contribution in [3.63, 3.8) is 0 Å². The molecule has 2 rings (SSSR count). The van der Waals surface area contributed by atoms with Gasteiger partial charge < -0.3 is 10.0 Å². The Morgan fingerprint density at radius 2 is 1.91 bits per heavy atom. The van der Waals surface area contributed by atoms with Gasteiger partial charge in [0.2, 0.25) is 11.0 Å². The summed E-state index contributed by atoms with van der Waals surface area (Å²) >= 11 is 1.10. The molecule has 0 aromatic heterocycles. The fourth-order valence-corrected chi connectivity index (χ4v) is 3.64. The summed E-state index contributed by atoms with van der Waals surface area (Å²) in [5, 5.41) is 9.21. The van der Waals surface area contributed by atoms with E-state index >= 15 is 0 Å². The number of nitrogens with zero attached hydrogens (tertiary/aromatic N) is 1.